The van der Waals surface area contributed by atoms with Crippen LogP contribution in [0.2, 0.25) is 5.02 Å². The van der Waals surface area contributed by atoms with Crippen LogP contribution in [-0.2, 0) is 11.3 Å². The average molecular weight is 312 g/mol. The third-order valence-electron chi connectivity index (χ3n) is 4.35. The van der Waals surface area contributed by atoms with Gasteiger partial charge in [-0.1, -0.05) is 29.8 Å². The van der Waals surface area contributed by atoms with E-state index in [1.54, 1.807) is 0 Å². The molecule has 1 aromatic rings. The summed E-state index contributed by atoms with van der Waals surface area (Å²) < 4.78 is 5.89. The fourth-order valence-corrected chi connectivity index (χ4v) is 3.33. The number of hydrogen-bond donors (Lipinski definition) is 2. The molecule has 21 heavy (non-hydrogen) atoms. The van der Waals surface area contributed by atoms with Gasteiger partial charge in [-0.2, -0.15) is 0 Å². The Hall–Kier alpha value is -1.21. The van der Waals surface area contributed by atoms with Gasteiger partial charge in [0.15, 0.2) is 0 Å². The first kappa shape index (κ1) is 14.7. The van der Waals surface area contributed by atoms with Gasteiger partial charge >= 0.3 is 0 Å². The molecule has 1 aliphatic carbocycles. The van der Waals surface area contributed by atoms with E-state index >= 15 is 0 Å². The van der Waals surface area contributed by atoms with Gasteiger partial charge in [0, 0.05) is 34.7 Å². The van der Waals surface area contributed by atoms with Gasteiger partial charge in [-0.15, -0.1) is 0 Å². The van der Waals surface area contributed by atoms with Gasteiger partial charge in [-0.05, 0) is 18.1 Å². The molecule has 1 aromatic carbocycles. The number of rotatable bonds is 4. The average Bonchev–Trinajstić information content (AvgIpc) is 2.88. The maximum absolute atomic E-state index is 11.0. The smallest absolute Gasteiger partial charge is 0.213 e. The molecule has 0 amide bonds. The molecule has 2 aliphatic rings. The zero-order valence-electron chi connectivity index (χ0n) is 11.5. The maximum atomic E-state index is 11.0. The predicted octanol–water partition coefficient (Wildman–Crippen LogP) is 2.10. The Morgan fingerprint density at radius 3 is 2.90 bits per heavy atom. The molecule has 3 rings (SSSR count). The molecule has 1 saturated carbocycles. The molecule has 0 bridgehead atoms. The summed E-state index contributed by atoms with van der Waals surface area (Å²) in [4.78, 5) is 10.8. The second-order valence-electron chi connectivity index (χ2n) is 5.63. The van der Waals surface area contributed by atoms with Crippen LogP contribution < -0.4 is 10.9 Å². The molecule has 2 fully saturated rings. The summed E-state index contributed by atoms with van der Waals surface area (Å²) in [5.41, 5.74) is 7.22. The first-order valence-corrected chi connectivity index (χ1v) is 7.52. The van der Waals surface area contributed by atoms with Crippen molar-refractivity contribution in [2.45, 2.75) is 44.2 Å². The van der Waals surface area contributed by atoms with Crippen LogP contribution in [0.5, 0.6) is 0 Å². The number of benzene rings is 1. The fourth-order valence-electron chi connectivity index (χ4n) is 3.14. The molecule has 7 heteroatoms. The normalized spacial score (nSPS) is 31.9. The number of halogens is 1. The quantitative estimate of drug-likeness (QED) is 0.658. The van der Waals surface area contributed by atoms with E-state index in [1.807, 2.05) is 24.3 Å². The van der Waals surface area contributed by atoms with E-state index in [-0.39, 0.29) is 23.1 Å². The summed E-state index contributed by atoms with van der Waals surface area (Å²) >= 11 is 6.11. The summed E-state index contributed by atoms with van der Waals surface area (Å²) in [6.45, 7) is 0.394. The number of nitro groups is 1. The van der Waals surface area contributed by atoms with Gasteiger partial charge in [0.05, 0.1) is 6.61 Å². The molecular weight excluding hydrogens is 294 g/mol. The third-order valence-corrected chi connectivity index (χ3v) is 4.71. The van der Waals surface area contributed by atoms with E-state index in [9.17, 15) is 10.1 Å². The van der Waals surface area contributed by atoms with Crippen molar-refractivity contribution in [3.8, 4) is 0 Å². The number of nitrogens with one attached hydrogen (secondary N) is 2. The molecule has 4 unspecified atom stereocenters. The Kier molecular flexibility index (Phi) is 4.40. The molecule has 1 saturated heterocycles. The number of hydrogen-bond acceptors (Lipinski definition) is 5. The van der Waals surface area contributed by atoms with Gasteiger partial charge in [-0.25, -0.2) is 5.43 Å². The van der Waals surface area contributed by atoms with Gasteiger partial charge < -0.3 is 4.74 Å². The van der Waals surface area contributed by atoms with Crippen molar-refractivity contribution >= 4 is 11.6 Å². The van der Waals surface area contributed by atoms with Crippen LogP contribution in [0.25, 0.3) is 0 Å². The fraction of sp³-hybridized carbons (Fsp3) is 0.571. The van der Waals surface area contributed by atoms with Crippen molar-refractivity contribution in [1.29, 1.82) is 0 Å². The van der Waals surface area contributed by atoms with Crippen LogP contribution in [0, 0.1) is 16.0 Å². The molecule has 114 valence electrons. The second kappa shape index (κ2) is 6.27. The van der Waals surface area contributed by atoms with Crippen molar-refractivity contribution in [2.24, 2.45) is 5.92 Å². The molecule has 1 aliphatic heterocycles. The van der Waals surface area contributed by atoms with Crippen molar-refractivity contribution in [3.05, 3.63) is 45.0 Å². The standard InChI is InChI=1S/C14H18ClN3O3/c15-12-4-2-1-3-9(12)8-21-14-11-7-10(18(19)20)5-6-13(11)16-17-14/h1-4,10-11,13-14,16-17H,5-8H2. The van der Waals surface area contributed by atoms with Crippen molar-refractivity contribution in [1.82, 2.24) is 10.9 Å². The third kappa shape index (κ3) is 3.18. The predicted molar refractivity (Wildman–Crippen MR) is 78.2 cm³/mol. The van der Waals surface area contributed by atoms with E-state index in [4.69, 9.17) is 16.3 Å². The summed E-state index contributed by atoms with van der Waals surface area (Å²) in [6.07, 6.45) is 1.76. The Morgan fingerprint density at radius 2 is 2.14 bits per heavy atom. The van der Waals surface area contributed by atoms with Crippen LogP contribution in [0.15, 0.2) is 24.3 Å². The van der Waals surface area contributed by atoms with Crippen LogP contribution in [-0.4, -0.2) is 23.2 Å². The molecule has 6 nitrogen and oxygen atoms in total. The summed E-state index contributed by atoms with van der Waals surface area (Å²) in [5, 5.41) is 11.7. The lowest BCUT2D eigenvalue weighted by Crippen LogP contribution is -2.40. The van der Waals surface area contributed by atoms with Gasteiger partial charge in [0.25, 0.3) is 0 Å². The highest BCUT2D eigenvalue weighted by molar-refractivity contribution is 6.31. The highest BCUT2D eigenvalue weighted by Crippen LogP contribution is 2.32. The molecule has 0 spiro atoms. The molecule has 1 heterocycles. The van der Waals surface area contributed by atoms with E-state index in [0.29, 0.717) is 24.5 Å². The molecule has 2 N–H and O–H groups in total. The van der Waals surface area contributed by atoms with Gasteiger partial charge in [-0.3, -0.25) is 15.5 Å². The van der Waals surface area contributed by atoms with Crippen LogP contribution in [0.3, 0.4) is 0 Å². The molecule has 0 radical (unpaired) electrons. The van der Waals surface area contributed by atoms with Crippen LogP contribution >= 0.6 is 11.6 Å². The minimum atomic E-state index is -0.459. The molecule has 4 atom stereocenters. The van der Waals surface area contributed by atoms with Crippen LogP contribution in [0.4, 0.5) is 0 Å². The Labute approximate surface area is 127 Å². The first-order chi connectivity index (χ1) is 10.1. The van der Waals surface area contributed by atoms with Gasteiger partial charge in [0.2, 0.25) is 6.04 Å². The van der Waals surface area contributed by atoms with Crippen LogP contribution in [0.1, 0.15) is 24.8 Å². The highest BCUT2D eigenvalue weighted by atomic mass is 35.5. The number of nitrogens with zero attached hydrogens (tertiary/aromatic N) is 1. The summed E-state index contributed by atoms with van der Waals surface area (Å²) in [7, 11) is 0. The minimum absolute atomic E-state index is 0.122. The zero-order valence-corrected chi connectivity index (χ0v) is 12.3. The first-order valence-electron chi connectivity index (χ1n) is 7.14. The van der Waals surface area contributed by atoms with E-state index in [2.05, 4.69) is 10.9 Å². The SMILES string of the molecule is O=[N+]([O-])C1CCC2NNC(OCc3ccccc3Cl)C2C1. The molecular formula is C14H18ClN3O3. The number of hydrazine groups is 1. The van der Waals surface area contributed by atoms with Crippen molar-refractivity contribution in [2.75, 3.05) is 0 Å². The minimum Gasteiger partial charge on any atom is -0.357 e. The van der Waals surface area contributed by atoms with E-state index in [1.165, 1.54) is 0 Å². The Balaban J connectivity index is 1.61. The number of fused-ring (bicyclic) bond motifs is 1. The lowest BCUT2D eigenvalue weighted by atomic mass is 9.82. The summed E-state index contributed by atoms with van der Waals surface area (Å²) in [6, 6.07) is 7.32. The lowest BCUT2D eigenvalue weighted by Gasteiger charge is -2.28. The van der Waals surface area contributed by atoms with Gasteiger partial charge in [0.1, 0.15) is 6.23 Å². The van der Waals surface area contributed by atoms with E-state index in [0.717, 1.165) is 12.0 Å². The largest absolute Gasteiger partial charge is 0.357 e. The number of ether oxygens (including phenoxy) is 1. The highest BCUT2D eigenvalue weighted by Gasteiger charge is 2.44. The zero-order chi connectivity index (χ0) is 14.8. The van der Waals surface area contributed by atoms with Crippen molar-refractivity contribution in [3.63, 3.8) is 0 Å². The topological polar surface area (TPSA) is 76.4 Å². The maximum Gasteiger partial charge on any atom is 0.213 e. The van der Waals surface area contributed by atoms with Crippen molar-refractivity contribution < 1.29 is 9.66 Å². The second-order valence-corrected chi connectivity index (χ2v) is 6.04. The summed E-state index contributed by atoms with van der Waals surface area (Å²) in [5.74, 6) is 0.122. The monoisotopic (exact) mass is 311 g/mol. The lowest BCUT2D eigenvalue weighted by molar-refractivity contribution is -0.528. The Morgan fingerprint density at radius 1 is 1.33 bits per heavy atom. The van der Waals surface area contributed by atoms with E-state index < -0.39 is 6.04 Å². The Bertz CT molecular complexity index is 528. The molecule has 0 aromatic heterocycles.